The standard InChI is InChI=1S/C22H12N2O4S2.CH4O/c25-21(26)13-4-6-15-17(9-13)29-19(23-15)11-2-1-3-12(8-11)20-24-16-7-5-14(22(27)28)10-18(16)30-20;1-2/h1-10H,(H,25,26)(H,27,28);2H,1H3. The van der Waals surface area contributed by atoms with Gasteiger partial charge in [0.25, 0.3) is 0 Å². The Kier molecular flexibility index (Phi) is 5.95. The highest BCUT2D eigenvalue weighted by molar-refractivity contribution is 7.22. The lowest BCUT2D eigenvalue weighted by Crippen LogP contribution is -1.94. The summed E-state index contributed by atoms with van der Waals surface area (Å²) in [6.45, 7) is 0. The summed E-state index contributed by atoms with van der Waals surface area (Å²) in [5.41, 5.74) is 3.81. The van der Waals surface area contributed by atoms with Crippen LogP contribution in [0.4, 0.5) is 0 Å². The molecule has 5 rings (SSSR count). The predicted molar refractivity (Wildman–Crippen MR) is 126 cm³/mol. The van der Waals surface area contributed by atoms with Crippen molar-refractivity contribution in [3.8, 4) is 21.1 Å². The maximum absolute atomic E-state index is 11.2. The smallest absolute Gasteiger partial charge is 0.335 e. The Balaban J connectivity index is 0.00000119. The minimum absolute atomic E-state index is 0.238. The average molecular weight is 465 g/mol. The highest BCUT2D eigenvalue weighted by Crippen LogP contribution is 2.35. The van der Waals surface area contributed by atoms with Crippen LogP contribution in [0.25, 0.3) is 41.6 Å². The Morgan fingerprint density at radius 1 is 0.688 bits per heavy atom. The highest BCUT2D eigenvalue weighted by atomic mass is 32.1. The van der Waals surface area contributed by atoms with Crippen molar-refractivity contribution in [3.63, 3.8) is 0 Å². The molecular weight excluding hydrogens is 448 g/mol. The summed E-state index contributed by atoms with van der Waals surface area (Å²) in [6.07, 6.45) is 0. The van der Waals surface area contributed by atoms with Gasteiger partial charge in [0.15, 0.2) is 0 Å². The fourth-order valence-corrected chi connectivity index (χ4v) is 5.15. The fourth-order valence-electron chi connectivity index (χ4n) is 3.15. The quantitative estimate of drug-likeness (QED) is 0.332. The summed E-state index contributed by atoms with van der Waals surface area (Å²) >= 11 is 2.88. The van der Waals surface area contributed by atoms with Crippen molar-refractivity contribution in [3.05, 3.63) is 71.8 Å². The zero-order chi connectivity index (χ0) is 22.8. The van der Waals surface area contributed by atoms with Gasteiger partial charge in [0.1, 0.15) is 10.0 Å². The van der Waals surface area contributed by atoms with Crippen LogP contribution in [0.2, 0.25) is 0 Å². The van der Waals surface area contributed by atoms with Crippen LogP contribution >= 0.6 is 22.7 Å². The second-order valence-electron chi connectivity index (χ2n) is 6.59. The molecule has 0 aliphatic heterocycles. The van der Waals surface area contributed by atoms with Gasteiger partial charge in [-0.3, -0.25) is 0 Å². The number of benzene rings is 3. The van der Waals surface area contributed by atoms with Crippen LogP contribution in [-0.4, -0.2) is 44.3 Å². The van der Waals surface area contributed by atoms with E-state index in [4.69, 9.17) is 5.11 Å². The fraction of sp³-hybridized carbons (Fsp3) is 0.0435. The number of carboxylic acids is 2. The van der Waals surface area contributed by atoms with Crippen LogP contribution in [0.15, 0.2) is 60.7 Å². The Bertz CT molecular complexity index is 1360. The molecule has 3 aromatic carbocycles. The lowest BCUT2D eigenvalue weighted by Gasteiger charge is -1.99. The first-order chi connectivity index (χ1) is 15.5. The second-order valence-corrected chi connectivity index (χ2v) is 8.66. The predicted octanol–water partition coefficient (Wildman–Crippen LogP) is 5.24. The van der Waals surface area contributed by atoms with Gasteiger partial charge in [0, 0.05) is 18.2 Å². The molecule has 0 bridgehead atoms. The second kappa shape index (κ2) is 8.83. The van der Waals surface area contributed by atoms with Crippen molar-refractivity contribution in [1.29, 1.82) is 0 Å². The van der Waals surface area contributed by atoms with E-state index >= 15 is 0 Å². The maximum atomic E-state index is 11.2. The van der Waals surface area contributed by atoms with Crippen LogP contribution in [0, 0.1) is 0 Å². The molecule has 0 atom stereocenters. The number of aromatic carboxylic acids is 2. The van der Waals surface area contributed by atoms with Crippen molar-refractivity contribution >= 4 is 55.0 Å². The van der Waals surface area contributed by atoms with E-state index in [1.807, 2.05) is 24.3 Å². The van der Waals surface area contributed by atoms with Gasteiger partial charge in [0.2, 0.25) is 0 Å². The number of carbonyl (C=O) groups is 2. The summed E-state index contributed by atoms with van der Waals surface area (Å²) in [7, 11) is 1.00. The van der Waals surface area contributed by atoms with Gasteiger partial charge in [0.05, 0.1) is 31.6 Å². The molecule has 2 heterocycles. The zero-order valence-corrected chi connectivity index (χ0v) is 18.3. The summed E-state index contributed by atoms with van der Waals surface area (Å²) < 4.78 is 1.63. The van der Waals surface area contributed by atoms with E-state index in [1.54, 1.807) is 36.4 Å². The molecule has 0 spiro atoms. The molecular formula is C23H16N2O5S2. The molecule has 5 aromatic rings. The third kappa shape index (κ3) is 4.09. The van der Waals surface area contributed by atoms with Crippen molar-refractivity contribution in [2.24, 2.45) is 0 Å². The summed E-state index contributed by atoms with van der Waals surface area (Å²) in [5, 5.41) is 27.0. The number of aromatic nitrogens is 2. The molecule has 9 heteroatoms. The number of nitrogens with zero attached hydrogens (tertiary/aromatic N) is 2. The third-order valence-electron chi connectivity index (χ3n) is 4.63. The van der Waals surface area contributed by atoms with Gasteiger partial charge in [-0.05, 0) is 42.5 Å². The Morgan fingerprint density at radius 3 is 1.53 bits per heavy atom. The normalized spacial score (nSPS) is 10.7. The topological polar surface area (TPSA) is 121 Å². The Hall–Kier alpha value is -3.66. The van der Waals surface area contributed by atoms with E-state index in [0.29, 0.717) is 0 Å². The summed E-state index contributed by atoms with van der Waals surface area (Å²) in [6, 6.07) is 17.6. The molecule has 0 fully saturated rings. The van der Waals surface area contributed by atoms with E-state index in [2.05, 4.69) is 9.97 Å². The van der Waals surface area contributed by atoms with E-state index in [-0.39, 0.29) is 11.1 Å². The molecule has 3 N–H and O–H groups in total. The molecule has 7 nitrogen and oxygen atoms in total. The number of hydrogen-bond acceptors (Lipinski definition) is 7. The van der Waals surface area contributed by atoms with Gasteiger partial charge >= 0.3 is 11.9 Å². The molecule has 0 radical (unpaired) electrons. The van der Waals surface area contributed by atoms with Crippen LogP contribution in [0.1, 0.15) is 20.7 Å². The first-order valence-corrected chi connectivity index (χ1v) is 10.9. The van der Waals surface area contributed by atoms with E-state index in [1.165, 1.54) is 22.7 Å². The lowest BCUT2D eigenvalue weighted by atomic mass is 10.1. The maximum Gasteiger partial charge on any atom is 0.335 e. The third-order valence-corrected chi connectivity index (χ3v) is 6.76. The van der Waals surface area contributed by atoms with Gasteiger partial charge in [-0.15, -0.1) is 22.7 Å². The number of aliphatic hydroxyl groups is 1. The molecule has 160 valence electrons. The van der Waals surface area contributed by atoms with Crippen molar-refractivity contribution in [2.45, 2.75) is 0 Å². The molecule has 0 saturated carbocycles. The lowest BCUT2D eigenvalue weighted by molar-refractivity contribution is 0.0686. The largest absolute Gasteiger partial charge is 0.478 e. The highest BCUT2D eigenvalue weighted by Gasteiger charge is 2.13. The Morgan fingerprint density at radius 2 is 1.12 bits per heavy atom. The number of fused-ring (bicyclic) bond motifs is 2. The van der Waals surface area contributed by atoms with Crippen LogP contribution in [0.3, 0.4) is 0 Å². The van der Waals surface area contributed by atoms with Crippen molar-refractivity contribution < 1.29 is 24.9 Å². The SMILES string of the molecule is CO.O=C(O)c1ccc2nc(-c3cccc(-c4nc5ccc(C(=O)O)cc5s4)c3)sc2c1. The summed E-state index contributed by atoms with van der Waals surface area (Å²) in [5.74, 6) is -1.92. The van der Waals surface area contributed by atoms with Crippen LogP contribution < -0.4 is 0 Å². The molecule has 2 aromatic heterocycles. The average Bonchev–Trinajstić information content (AvgIpc) is 3.43. The molecule has 0 saturated heterocycles. The van der Waals surface area contributed by atoms with Gasteiger partial charge in [-0.1, -0.05) is 18.2 Å². The number of thiazole rings is 2. The van der Waals surface area contributed by atoms with Crippen LogP contribution in [-0.2, 0) is 0 Å². The van der Waals surface area contributed by atoms with Crippen molar-refractivity contribution in [2.75, 3.05) is 7.11 Å². The number of rotatable bonds is 4. The number of aliphatic hydroxyl groups excluding tert-OH is 1. The molecule has 32 heavy (non-hydrogen) atoms. The van der Waals surface area contributed by atoms with E-state index in [9.17, 15) is 19.8 Å². The molecule has 0 aliphatic rings. The zero-order valence-electron chi connectivity index (χ0n) is 16.6. The van der Waals surface area contributed by atoms with Crippen LogP contribution in [0.5, 0.6) is 0 Å². The number of hydrogen-bond donors (Lipinski definition) is 3. The first kappa shape index (κ1) is 21.6. The monoisotopic (exact) mass is 464 g/mol. The minimum Gasteiger partial charge on any atom is -0.478 e. The van der Waals surface area contributed by atoms with Gasteiger partial charge in [-0.2, -0.15) is 0 Å². The van der Waals surface area contributed by atoms with E-state index < -0.39 is 11.9 Å². The minimum atomic E-state index is -0.962. The Labute approximate surface area is 189 Å². The van der Waals surface area contributed by atoms with E-state index in [0.717, 1.165) is 48.7 Å². The molecule has 0 amide bonds. The number of carboxylic acid groups (broad SMARTS) is 2. The summed E-state index contributed by atoms with van der Waals surface area (Å²) in [4.78, 5) is 31.7. The van der Waals surface area contributed by atoms with Crippen molar-refractivity contribution in [1.82, 2.24) is 9.97 Å². The first-order valence-electron chi connectivity index (χ1n) is 9.31. The van der Waals surface area contributed by atoms with Gasteiger partial charge < -0.3 is 15.3 Å². The van der Waals surface area contributed by atoms with Gasteiger partial charge in [-0.25, -0.2) is 19.6 Å². The molecule has 0 unspecified atom stereocenters. The molecule has 0 aliphatic carbocycles.